The van der Waals surface area contributed by atoms with Gasteiger partial charge in [0.05, 0.1) is 22.6 Å². The normalized spacial score (nSPS) is 10.6. The fraction of sp³-hybridized carbons (Fsp3) is 0.158. The van der Waals surface area contributed by atoms with Gasteiger partial charge in [0.15, 0.2) is 0 Å². The molecule has 0 spiro atoms. The molecule has 150 valence electrons. The lowest BCUT2D eigenvalue weighted by Gasteiger charge is -2.13. The number of carbonyl (C=O) groups is 2. The molecule has 0 radical (unpaired) electrons. The van der Waals surface area contributed by atoms with E-state index in [9.17, 15) is 14.7 Å². The predicted molar refractivity (Wildman–Crippen MR) is 110 cm³/mol. The van der Waals surface area contributed by atoms with Crippen LogP contribution in [0.25, 0.3) is 11.5 Å². The number of benzene rings is 2. The summed E-state index contributed by atoms with van der Waals surface area (Å²) in [6.45, 7) is 1.75. The molecule has 0 fully saturated rings. The van der Waals surface area contributed by atoms with Crippen LogP contribution in [0.5, 0.6) is 5.75 Å². The smallest absolute Gasteiger partial charge is 0.277 e. The summed E-state index contributed by atoms with van der Waals surface area (Å²) in [5.41, 5.74) is 1.73. The minimum atomic E-state index is -0.359. The number of thioether (sulfide) groups is 1. The Morgan fingerprint density at radius 3 is 2.72 bits per heavy atom. The average Bonchev–Trinajstić information content (AvgIpc) is 3.16. The zero-order valence-electron chi connectivity index (χ0n) is 15.5. The number of hydrogen-bond acceptors (Lipinski definition) is 7. The number of nitrogens with zero attached hydrogens (tertiary/aromatic N) is 2. The zero-order chi connectivity index (χ0) is 21.0. The summed E-state index contributed by atoms with van der Waals surface area (Å²) in [4.78, 5) is 24.5. The van der Waals surface area contributed by atoms with Crippen molar-refractivity contribution in [3.05, 3.63) is 52.5 Å². The summed E-state index contributed by atoms with van der Waals surface area (Å²) in [5, 5.41) is 23.4. The van der Waals surface area contributed by atoms with Crippen LogP contribution in [-0.2, 0) is 4.79 Å². The maximum Gasteiger partial charge on any atom is 0.277 e. The van der Waals surface area contributed by atoms with Crippen molar-refractivity contribution in [1.82, 2.24) is 15.5 Å². The van der Waals surface area contributed by atoms with Gasteiger partial charge in [0.25, 0.3) is 17.0 Å². The highest BCUT2D eigenvalue weighted by atomic mass is 35.5. The average molecular weight is 433 g/mol. The van der Waals surface area contributed by atoms with Crippen molar-refractivity contribution in [1.29, 1.82) is 0 Å². The minimum absolute atomic E-state index is 0.0162. The molecule has 0 aliphatic carbocycles. The molecule has 1 aromatic heterocycles. The molecule has 0 aliphatic heterocycles. The van der Waals surface area contributed by atoms with E-state index in [4.69, 9.17) is 16.0 Å². The van der Waals surface area contributed by atoms with E-state index in [1.54, 1.807) is 31.2 Å². The lowest BCUT2D eigenvalue weighted by Crippen LogP contribution is -2.23. The molecule has 10 heteroatoms. The molecule has 2 aromatic carbocycles. The van der Waals surface area contributed by atoms with E-state index < -0.39 is 0 Å². The highest BCUT2D eigenvalue weighted by molar-refractivity contribution is 7.99. The molecule has 3 aromatic rings. The summed E-state index contributed by atoms with van der Waals surface area (Å²) in [6, 6.07) is 9.73. The third-order valence-electron chi connectivity index (χ3n) is 3.90. The number of phenolic OH excluding ortho intramolecular Hbond substituents is 1. The van der Waals surface area contributed by atoms with E-state index in [2.05, 4.69) is 20.8 Å². The van der Waals surface area contributed by atoms with E-state index >= 15 is 0 Å². The molecule has 0 aliphatic rings. The summed E-state index contributed by atoms with van der Waals surface area (Å²) < 4.78 is 5.49. The topological polar surface area (TPSA) is 117 Å². The van der Waals surface area contributed by atoms with Crippen LogP contribution in [0.3, 0.4) is 0 Å². The summed E-state index contributed by atoms with van der Waals surface area (Å²) in [6.07, 6.45) is 0. The Morgan fingerprint density at radius 1 is 1.24 bits per heavy atom. The van der Waals surface area contributed by atoms with Crippen molar-refractivity contribution < 1.29 is 19.1 Å². The SMILES string of the molecule is CNC(=O)c1cc(Cl)cc(C)c1NC(=O)CSc1nnc(-c2ccccc2O)o1. The number of rotatable bonds is 6. The van der Waals surface area contributed by atoms with Crippen LogP contribution in [0.15, 0.2) is 46.0 Å². The van der Waals surface area contributed by atoms with Gasteiger partial charge >= 0.3 is 0 Å². The Hall–Kier alpha value is -3.04. The number of amides is 2. The number of phenols is 1. The summed E-state index contributed by atoms with van der Waals surface area (Å²) in [5.74, 6) is -0.556. The van der Waals surface area contributed by atoms with Crippen LogP contribution in [0.2, 0.25) is 5.02 Å². The van der Waals surface area contributed by atoms with E-state index in [1.807, 2.05) is 0 Å². The van der Waals surface area contributed by atoms with Gasteiger partial charge in [-0.1, -0.05) is 35.5 Å². The molecule has 2 amide bonds. The number of anilines is 1. The molecule has 0 unspecified atom stereocenters. The Morgan fingerprint density at radius 2 is 2.00 bits per heavy atom. The van der Waals surface area contributed by atoms with Gasteiger partial charge in [-0.25, -0.2) is 0 Å². The van der Waals surface area contributed by atoms with Gasteiger partial charge in [0.2, 0.25) is 5.91 Å². The number of carbonyl (C=O) groups excluding carboxylic acids is 2. The number of aromatic nitrogens is 2. The van der Waals surface area contributed by atoms with E-state index in [1.165, 1.54) is 19.2 Å². The van der Waals surface area contributed by atoms with Crippen LogP contribution in [-0.4, -0.2) is 39.9 Å². The number of hydrogen-bond donors (Lipinski definition) is 3. The maximum atomic E-state index is 12.4. The second-order valence-corrected chi connectivity index (χ2v) is 7.31. The minimum Gasteiger partial charge on any atom is -0.507 e. The first-order chi connectivity index (χ1) is 13.9. The fourth-order valence-electron chi connectivity index (χ4n) is 2.56. The Kier molecular flexibility index (Phi) is 6.40. The van der Waals surface area contributed by atoms with Gasteiger partial charge in [-0.15, -0.1) is 10.2 Å². The first-order valence-corrected chi connectivity index (χ1v) is 9.82. The molecule has 3 N–H and O–H groups in total. The number of aromatic hydroxyl groups is 1. The lowest BCUT2D eigenvalue weighted by molar-refractivity contribution is -0.113. The van der Waals surface area contributed by atoms with E-state index in [-0.39, 0.29) is 40.0 Å². The second kappa shape index (κ2) is 8.97. The molecular formula is C19H17ClN4O4S. The molecule has 3 rings (SSSR count). The Balaban J connectivity index is 1.69. The standard InChI is InChI=1S/C19H17ClN4O4S/c1-10-7-11(20)8-13(17(27)21-2)16(10)22-15(26)9-29-19-24-23-18(28-19)12-5-3-4-6-14(12)25/h3-8,25H,9H2,1-2H3,(H,21,27)(H,22,26). The quantitative estimate of drug-likeness (QED) is 0.510. The number of halogens is 1. The molecule has 1 heterocycles. The van der Waals surface area contributed by atoms with Crippen LogP contribution in [0.4, 0.5) is 5.69 Å². The molecule has 0 atom stereocenters. The van der Waals surface area contributed by atoms with Crippen LogP contribution < -0.4 is 10.6 Å². The zero-order valence-corrected chi connectivity index (χ0v) is 17.1. The summed E-state index contributed by atoms with van der Waals surface area (Å²) >= 11 is 7.06. The molecule has 0 saturated carbocycles. The van der Waals surface area contributed by atoms with E-state index in [0.29, 0.717) is 21.8 Å². The predicted octanol–water partition coefficient (Wildman–Crippen LogP) is 3.49. The lowest BCUT2D eigenvalue weighted by atomic mass is 10.1. The fourth-order valence-corrected chi connectivity index (χ4v) is 3.39. The monoisotopic (exact) mass is 432 g/mol. The highest BCUT2D eigenvalue weighted by Gasteiger charge is 2.18. The molecule has 0 saturated heterocycles. The van der Waals surface area contributed by atoms with Gasteiger partial charge in [-0.3, -0.25) is 9.59 Å². The van der Waals surface area contributed by atoms with Crippen molar-refractivity contribution in [2.24, 2.45) is 0 Å². The van der Waals surface area contributed by atoms with Crippen molar-refractivity contribution in [3.8, 4) is 17.2 Å². The van der Waals surface area contributed by atoms with Gasteiger partial charge in [-0.05, 0) is 36.8 Å². The highest BCUT2D eigenvalue weighted by Crippen LogP contribution is 2.30. The van der Waals surface area contributed by atoms with Gasteiger partial charge in [0, 0.05) is 12.1 Å². The first-order valence-electron chi connectivity index (χ1n) is 8.45. The van der Waals surface area contributed by atoms with Crippen molar-refractivity contribution in [3.63, 3.8) is 0 Å². The largest absolute Gasteiger partial charge is 0.507 e. The number of aryl methyl sites for hydroxylation is 1. The van der Waals surface area contributed by atoms with Crippen LogP contribution >= 0.6 is 23.4 Å². The van der Waals surface area contributed by atoms with Crippen molar-refractivity contribution in [2.45, 2.75) is 12.1 Å². The molecule has 8 nitrogen and oxygen atoms in total. The Bertz CT molecular complexity index is 1070. The first kappa shape index (κ1) is 20.7. The Labute approximate surface area is 175 Å². The van der Waals surface area contributed by atoms with Gasteiger partial charge < -0.3 is 20.2 Å². The van der Waals surface area contributed by atoms with Crippen molar-refractivity contribution >= 4 is 40.9 Å². The molecule has 29 heavy (non-hydrogen) atoms. The maximum absolute atomic E-state index is 12.4. The van der Waals surface area contributed by atoms with Gasteiger partial charge in [0.1, 0.15) is 5.75 Å². The molecular weight excluding hydrogens is 416 g/mol. The summed E-state index contributed by atoms with van der Waals surface area (Å²) in [7, 11) is 1.50. The second-order valence-electron chi connectivity index (χ2n) is 5.95. The third kappa shape index (κ3) is 4.87. The number of para-hydroxylation sites is 1. The third-order valence-corrected chi connectivity index (χ3v) is 4.94. The van der Waals surface area contributed by atoms with E-state index in [0.717, 1.165) is 11.8 Å². The molecule has 0 bridgehead atoms. The van der Waals surface area contributed by atoms with Gasteiger partial charge in [-0.2, -0.15) is 0 Å². The number of nitrogens with one attached hydrogen (secondary N) is 2. The van der Waals surface area contributed by atoms with Crippen molar-refractivity contribution in [2.75, 3.05) is 18.1 Å². The van der Waals surface area contributed by atoms with Crippen LogP contribution in [0, 0.1) is 6.92 Å². The van der Waals surface area contributed by atoms with Crippen LogP contribution in [0.1, 0.15) is 15.9 Å².